The number of aromatic hydroxyl groups is 2. The Labute approximate surface area is 204 Å². The lowest BCUT2D eigenvalue weighted by Crippen LogP contribution is -2.00. The third kappa shape index (κ3) is 4.48. The molecule has 0 amide bonds. The molecule has 2 heterocycles. The van der Waals surface area contributed by atoms with Gasteiger partial charge in [-0.3, -0.25) is 9.59 Å². The molecule has 36 heavy (non-hydrogen) atoms. The van der Waals surface area contributed by atoms with Crippen molar-refractivity contribution in [1.29, 1.82) is 0 Å². The Kier molecular flexibility index (Phi) is 6.07. The van der Waals surface area contributed by atoms with Crippen molar-refractivity contribution in [2.75, 3.05) is 0 Å². The van der Waals surface area contributed by atoms with Crippen LogP contribution in [0.2, 0.25) is 0 Å². The molecule has 0 aliphatic rings. The van der Waals surface area contributed by atoms with Crippen LogP contribution in [0.4, 0.5) is 0 Å². The molecule has 0 aliphatic heterocycles. The molecule has 0 saturated carbocycles. The van der Waals surface area contributed by atoms with Crippen LogP contribution < -0.4 is 10.9 Å². The number of fused-ring (bicyclic) bond motifs is 2. The van der Waals surface area contributed by atoms with Gasteiger partial charge in [0.05, 0.1) is 10.8 Å². The van der Waals surface area contributed by atoms with Crippen molar-refractivity contribution in [3.05, 3.63) is 130 Å². The first-order valence-electron chi connectivity index (χ1n) is 11.1. The van der Waals surface area contributed by atoms with Crippen LogP contribution in [-0.2, 0) is 0 Å². The number of hydrogen-bond donors (Lipinski definition) is 2. The van der Waals surface area contributed by atoms with Gasteiger partial charge in [0.25, 0.3) is 0 Å². The summed E-state index contributed by atoms with van der Waals surface area (Å²) in [5.74, 6) is 0.210. The maximum atomic E-state index is 12.0. The van der Waals surface area contributed by atoms with Crippen LogP contribution in [0.3, 0.4) is 0 Å². The Morgan fingerprint density at radius 3 is 1.69 bits per heavy atom. The molecule has 0 atom stereocenters. The molecule has 0 fully saturated rings. The number of benzene rings is 4. The molecule has 4 aromatic carbocycles. The minimum Gasteiger partial charge on any atom is -0.504 e. The quantitative estimate of drug-likeness (QED) is 0.283. The normalized spacial score (nSPS) is 10.7. The molecule has 6 heteroatoms. The molecule has 0 aliphatic carbocycles. The van der Waals surface area contributed by atoms with Crippen molar-refractivity contribution in [3.8, 4) is 34.1 Å². The fraction of sp³-hybridized carbons (Fsp3) is 0. The van der Waals surface area contributed by atoms with E-state index in [1.165, 1.54) is 24.3 Å². The Bertz CT molecular complexity index is 1780. The summed E-state index contributed by atoms with van der Waals surface area (Å²) in [4.78, 5) is 23.9. The lowest BCUT2D eigenvalue weighted by Gasteiger charge is -2.05. The van der Waals surface area contributed by atoms with Crippen LogP contribution in [0.25, 0.3) is 44.6 Å². The molecule has 176 valence electrons. The summed E-state index contributed by atoms with van der Waals surface area (Å²) in [5.41, 5.74) is 1.98. The number of phenolic OH excluding ortho intramolecular Hbond substituents is 2. The fourth-order valence-corrected chi connectivity index (χ4v) is 3.79. The van der Waals surface area contributed by atoms with Crippen molar-refractivity contribution in [3.63, 3.8) is 0 Å². The van der Waals surface area contributed by atoms with Crippen molar-refractivity contribution in [1.82, 2.24) is 0 Å². The van der Waals surface area contributed by atoms with Gasteiger partial charge in [-0.25, -0.2) is 0 Å². The second-order valence-electron chi connectivity index (χ2n) is 7.99. The third-order valence-electron chi connectivity index (χ3n) is 5.60. The van der Waals surface area contributed by atoms with Crippen molar-refractivity contribution < 1.29 is 19.0 Å². The Balaban J connectivity index is 0.000000149. The van der Waals surface area contributed by atoms with E-state index in [0.717, 1.165) is 11.1 Å². The summed E-state index contributed by atoms with van der Waals surface area (Å²) < 4.78 is 11.3. The summed E-state index contributed by atoms with van der Waals surface area (Å²) in [5, 5.41) is 20.1. The zero-order valence-corrected chi connectivity index (χ0v) is 18.9. The topological polar surface area (TPSA) is 101 Å². The van der Waals surface area contributed by atoms with Gasteiger partial charge in [-0.2, -0.15) is 0 Å². The monoisotopic (exact) mass is 476 g/mol. The average molecular weight is 476 g/mol. The second kappa shape index (κ2) is 9.64. The van der Waals surface area contributed by atoms with E-state index >= 15 is 0 Å². The first-order valence-corrected chi connectivity index (χ1v) is 11.1. The number of hydrogen-bond acceptors (Lipinski definition) is 6. The number of para-hydroxylation sites is 1. The van der Waals surface area contributed by atoms with E-state index < -0.39 is 5.75 Å². The fourth-order valence-electron chi connectivity index (χ4n) is 3.79. The average Bonchev–Trinajstić information content (AvgIpc) is 2.92. The predicted molar refractivity (Wildman–Crippen MR) is 139 cm³/mol. The highest BCUT2D eigenvalue weighted by Gasteiger charge is 2.13. The summed E-state index contributed by atoms with van der Waals surface area (Å²) in [7, 11) is 0. The van der Waals surface area contributed by atoms with E-state index in [-0.39, 0.29) is 27.6 Å². The van der Waals surface area contributed by atoms with E-state index in [9.17, 15) is 19.8 Å². The largest absolute Gasteiger partial charge is 0.504 e. The summed E-state index contributed by atoms with van der Waals surface area (Å²) in [6.45, 7) is 0. The summed E-state index contributed by atoms with van der Waals surface area (Å²) in [6, 6.07) is 31.6. The van der Waals surface area contributed by atoms with Gasteiger partial charge < -0.3 is 19.0 Å². The van der Waals surface area contributed by atoms with E-state index in [4.69, 9.17) is 8.83 Å². The minimum atomic E-state index is -0.424. The van der Waals surface area contributed by atoms with Gasteiger partial charge in [-0.15, -0.1) is 0 Å². The van der Waals surface area contributed by atoms with Crippen molar-refractivity contribution >= 4 is 21.9 Å². The maximum Gasteiger partial charge on any atom is 0.201 e. The Morgan fingerprint density at radius 2 is 1.06 bits per heavy atom. The zero-order valence-electron chi connectivity index (χ0n) is 18.9. The standard InChI is InChI=1S/C15H10O4.C15H10O2/c16-11-7-6-10-12(17)8-13(19-15(10)14(11)18)9-4-2-1-3-5-9;16-13-10-15(11-6-2-1-3-7-11)17-14-9-5-4-8-12(13)14/h1-8,16,18H;1-10H. The van der Waals surface area contributed by atoms with Crippen LogP contribution in [0.1, 0.15) is 0 Å². The third-order valence-corrected chi connectivity index (χ3v) is 5.60. The Hall–Kier alpha value is -5.10. The first-order chi connectivity index (χ1) is 17.5. The Morgan fingerprint density at radius 1 is 0.528 bits per heavy atom. The minimum absolute atomic E-state index is 0.00801. The molecular weight excluding hydrogens is 456 g/mol. The first kappa shape index (κ1) is 22.7. The molecule has 0 bridgehead atoms. The van der Waals surface area contributed by atoms with E-state index in [1.807, 2.05) is 66.7 Å². The van der Waals surface area contributed by atoms with Crippen LogP contribution in [0, 0.1) is 0 Å². The molecule has 6 aromatic rings. The maximum absolute atomic E-state index is 12.0. The van der Waals surface area contributed by atoms with Gasteiger partial charge >= 0.3 is 0 Å². The molecule has 0 radical (unpaired) electrons. The highest BCUT2D eigenvalue weighted by atomic mass is 16.4. The highest BCUT2D eigenvalue weighted by Crippen LogP contribution is 2.34. The molecule has 2 aromatic heterocycles. The van der Waals surface area contributed by atoms with Crippen molar-refractivity contribution in [2.45, 2.75) is 0 Å². The van der Waals surface area contributed by atoms with E-state index in [0.29, 0.717) is 22.5 Å². The van der Waals surface area contributed by atoms with Gasteiger partial charge in [0.1, 0.15) is 17.1 Å². The molecule has 0 saturated heterocycles. The lowest BCUT2D eigenvalue weighted by molar-refractivity contribution is 0.400. The van der Waals surface area contributed by atoms with E-state index in [1.54, 1.807) is 18.2 Å². The van der Waals surface area contributed by atoms with Crippen LogP contribution in [0.15, 0.2) is 128 Å². The van der Waals surface area contributed by atoms with E-state index in [2.05, 4.69) is 0 Å². The molecule has 6 rings (SSSR count). The van der Waals surface area contributed by atoms with Gasteiger partial charge in [0.15, 0.2) is 22.2 Å². The summed E-state index contributed by atoms with van der Waals surface area (Å²) >= 11 is 0. The number of rotatable bonds is 2. The molecule has 6 nitrogen and oxygen atoms in total. The second-order valence-corrected chi connectivity index (χ2v) is 7.99. The smallest absolute Gasteiger partial charge is 0.201 e. The van der Waals surface area contributed by atoms with Gasteiger partial charge in [0.2, 0.25) is 5.75 Å². The molecule has 2 N–H and O–H groups in total. The van der Waals surface area contributed by atoms with Gasteiger partial charge in [-0.1, -0.05) is 72.8 Å². The molecule has 0 spiro atoms. The van der Waals surface area contributed by atoms with Gasteiger partial charge in [-0.05, 0) is 24.3 Å². The van der Waals surface area contributed by atoms with Gasteiger partial charge in [0, 0.05) is 23.3 Å². The van der Waals surface area contributed by atoms with Crippen LogP contribution in [0.5, 0.6) is 11.5 Å². The van der Waals surface area contributed by atoms with Crippen LogP contribution in [-0.4, -0.2) is 10.2 Å². The zero-order chi connectivity index (χ0) is 25.1. The number of phenols is 2. The summed E-state index contributed by atoms with van der Waals surface area (Å²) in [6.07, 6.45) is 0. The molecule has 0 unspecified atom stereocenters. The highest BCUT2D eigenvalue weighted by molar-refractivity contribution is 5.86. The van der Waals surface area contributed by atoms with Crippen molar-refractivity contribution in [2.24, 2.45) is 0 Å². The lowest BCUT2D eigenvalue weighted by atomic mass is 10.1. The SMILES string of the molecule is O=c1cc(-c2ccccc2)oc2c(O)c(O)ccc12.O=c1cc(-c2ccccc2)oc2ccccc12. The predicted octanol–water partition coefficient (Wildman–Crippen LogP) is 6.33. The van der Waals surface area contributed by atoms with Crippen LogP contribution >= 0.6 is 0 Å². The molecular formula is C30H20O6.